The Kier molecular flexibility index (Phi) is 4.73. The summed E-state index contributed by atoms with van der Waals surface area (Å²) in [5.74, 6) is -1.05. The van der Waals surface area contributed by atoms with Crippen molar-refractivity contribution in [2.45, 2.75) is 24.7 Å². The van der Waals surface area contributed by atoms with Crippen LogP contribution in [0.2, 0.25) is 5.02 Å². The number of furan rings is 1. The van der Waals surface area contributed by atoms with Crippen molar-refractivity contribution in [1.82, 2.24) is 9.78 Å². The Hall–Kier alpha value is -3.01. The van der Waals surface area contributed by atoms with E-state index in [0.29, 0.717) is 5.76 Å². The van der Waals surface area contributed by atoms with Crippen LogP contribution in [-0.2, 0) is 0 Å². The molecule has 1 aliphatic rings. The zero-order valence-corrected chi connectivity index (χ0v) is 15.3. The minimum absolute atomic E-state index is 0.0299. The number of nitrogens with one attached hydrogen (secondary N) is 2. The minimum Gasteiger partial charge on any atom is -0.467 e. The van der Waals surface area contributed by atoms with Crippen LogP contribution in [0, 0.1) is 5.82 Å². The van der Waals surface area contributed by atoms with Crippen molar-refractivity contribution in [3.8, 4) is 0 Å². The number of carbonyl (C=O) groups excluding carboxylic acids is 1. The molecule has 3 aromatic rings. The highest BCUT2D eigenvalue weighted by Gasteiger charge is 2.47. The van der Waals surface area contributed by atoms with E-state index in [2.05, 4.69) is 15.7 Å². The SMILES string of the molecule is O=C(Nc1ccc(F)c(Cl)c1)c1cc2n(n1)C(C(F)(F)F)CC(c1ccco1)N2. The Bertz CT molecular complexity index is 1050. The van der Waals surface area contributed by atoms with E-state index in [1.165, 1.54) is 24.5 Å². The van der Waals surface area contributed by atoms with Gasteiger partial charge in [-0.25, -0.2) is 9.07 Å². The second-order valence-electron chi connectivity index (χ2n) is 6.45. The van der Waals surface area contributed by atoms with Crippen LogP contribution in [0.3, 0.4) is 0 Å². The molecule has 0 saturated carbocycles. The molecule has 2 N–H and O–H groups in total. The first-order valence-electron chi connectivity index (χ1n) is 8.45. The molecule has 4 rings (SSSR count). The molecule has 1 amide bonds. The Morgan fingerprint density at radius 2 is 2.10 bits per heavy atom. The van der Waals surface area contributed by atoms with Gasteiger partial charge in [-0.2, -0.15) is 18.3 Å². The number of nitrogens with zero attached hydrogens (tertiary/aromatic N) is 2. The third-order valence-corrected chi connectivity index (χ3v) is 4.78. The van der Waals surface area contributed by atoms with Crippen LogP contribution in [-0.4, -0.2) is 21.9 Å². The van der Waals surface area contributed by atoms with Crippen molar-refractivity contribution in [1.29, 1.82) is 0 Å². The number of rotatable bonds is 3. The summed E-state index contributed by atoms with van der Waals surface area (Å²) >= 11 is 5.67. The molecule has 29 heavy (non-hydrogen) atoms. The molecule has 2 unspecified atom stereocenters. The lowest BCUT2D eigenvalue weighted by atomic mass is 10.0. The van der Waals surface area contributed by atoms with E-state index in [4.69, 9.17) is 16.0 Å². The first-order valence-corrected chi connectivity index (χ1v) is 8.83. The summed E-state index contributed by atoms with van der Waals surface area (Å²) < 4.78 is 60.0. The summed E-state index contributed by atoms with van der Waals surface area (Å²) in [6.45, 7) is 0. The van der Waals surface area contributed by atoms with Gasteiger partial charge in [0.15, 0.2) is 11.7 Å². The van der Waals surface area contributed by atoms with E-state index >= 15 is 0 Å². The fraction of sp³-hybridized carbons (Fsp3) is 0.222. The maximum atomic E-state index is 13.6. The van der Waals surface area contributed by atoms with Crippen molar-refractivity contribution in [2.75, 3.05) is 10.6 Å². The van der Waals surface area contributed by atoms with Gasteiger partial charge in [0.05, 0.1) is 17.3 Å². The second-order valence-corrected chi connectivity index (χ2v) is 6.86. The topological polar surface area (TPSA) is 72.1 Å². The number of anilines is 2. The lowest BCUT2D eigenvalue weighted by Gasteiger charge is -2.32. The van der Waals surface area contributed by atoms with Crippen molar-refractivity contribution in [2.24, 2.45) is 0 Å². The predicted molar refractivity (Wildman–Crippen MR) is 96.4 cm³/mol. The molecule has 0 aliphatic carbocycles. The molecule has 0 saturated heterocycles. The first kappa shape index (κ1) is 19.3. The van der Waals surface area contributed by atoms with Gasteiger partial charge in [-0.1, -0.05) is 11.6 Å². The number of hydrogen-bond donors (Lipinski definition) is 2. The molecule has 2 aromatic heterocycles. The van der Waals surface area contributed by atoms with Gasteiger partial charge in [-0.3, -0.25) is 4.79 Å². The molecule has 11 heteroatoms. The normalized spacial score (nSPS) is 18.8. The van der Waals surface area contributed by atoms with Gasteiger partial charge in [0.1, 0.15) is 17.4 Å². The molecule has 152 valence electrons. The minimum atomic E-state index is -4.58. The van der Waals surface area contributed by atoms with Gasteiger partial charge < -0.3 is 15.1 Å². The monoisotopic (exact) mass is 428 g/mol. The molecule has 1 aliphatic heterocycles. The highest BCUT2D eigenvalue weighted by molar-refractivity contribution is 6.31. The van der Waals surface area contributed by atoms with E-state index in [0.717, 1.165) is 10.7 Å². The van der Waals surface area contributed by atoms with Gasteiger partial charge in [0.25, 0.3) is 5.91 Å². The fourth-order valence-electron chi connectivity index (χ4n) is 3.13. The molecule has 0 radical (unpaired) electrons. The maximum absolute atomic E-state index is 13.6. The van der Waals surface area contributed by atoms with Crippen molar-refractivity contribution in [3.63, 3.8) is 0 Å². The van der Waals surface area contributed by atoms with E-state index < -0.39 is 30.0 Å². The largest absolute Gasteiger partial charge is 0.467 e. The lowest BCUT2D eigenvalue weighted by molar-refractivity contribution is -0.174. The molecule has 1 aromatic carbocycles. The number of benzene rings is 1. The molecule has 6 nitrogen and oxygen atoms in total. The molecule has 0 bridgehead atoms. The molecular weight excluding hydrogens is 416 g/mol. The highest BCUT2D eigenvalue weighted by atomic mass is 35.5. The number of aromatic nitrogens is 2. The molecule has 0 fully saturated rings. The van der Waals surface area contributed by atoms with Gasteiger partial charge in [-0.05, 0) is 30.3 Å². The third-order valence-electron chi connectivity index (χ3n) is 4.49. The molecule has 3 heterocycles. The summed E-state index contributed by atoms with van der Waals surface area (Å²) in [7, 11) is 0. The zero-order chi connectivity index (χ0) is 20.8. The average Bonchev–Trinajstić information content (AvgIpc) is 3.32. The summed E-state index contributed by atoms with van der Waals surface area (Å²) in [4.78, 5) is 12.4. The second kappa shape index (κ2) is 7.11. The third kappa shape index (κ3) is 3.80. The van der Waals surface area contributed by atoms with Crippen LogP contribution in [0.15, 0.2) is 47.1 Å². The van der Waals surface area contributed by atoms with Gasteiger partial charge in [0, 0.05) is 18.2 Å². The van der Waals surface area contributed by atoms with E-state index in [-0.39, 0.29) is 28.6 Å². The number of amides is 1. The van der Waals surface area contributed by atoms with Crippen LogP contribution >= 0.6 is 11.6 Å². The Morgan fingerprint density at radius 3 is 2.76 bits per heavy atom. The summed E-state index contributed by atoms with van der Waals surface area (Å²) in [6, 6.07) is 5.23. The number of hydrogen-bond acceptors (Lipinski definition) is 4. The van der Waals surface area contributed by atoms with Crippen LogP contribution < -0.4 is 10.6 Å². The fourth-order valence-corrected chi connectivity index (χ4v) is 3.31. The Labute approximate surface area is 166 Å². The summed E-state index contributed by atoms with van der Waals surface area (Å²) in [5.41, 5.74) is -0.0524. The number of fused-ring (bicyclic) bond motifs is 1. The Balaban J connectivity index is 1.63. The van der Waals surface area contributed by atoms with Crippen molar-refractivity contribution >= 4 is 29.0 Å². The molecule has 0 spiro atoms. The predicted octanol–water partition coefficient (Wildman–Crippen LogP) is 5.18. The van der Waals surface area contributed by atoms with Crippen molar-refractivity contribution < 1.29 is 26.8 Å². The molecular formula is C18H13ClF4N4O2. The van der Waals surface area contributed by atoms with Gasteiger partial charge in [0.2, 0.25) is 0 Å². The summed E-state index contributed by atoms with van der Waals surface area (Å²) in [5, 5.41) is 8.98. The number of carbonyl (C=O) groups is 1. The van der Waals surface area contributed by atoms with Crippen molar-refractivity contribution in [3.05, 3.63) is 65.0 Å². The van der Waals surface area contributed by atoms with E-state index in [1.54, 1.807) is 12.1 Å². The van der Waals surface area contributed by atoms with Crippen LogP contribution in [0.4, 0.5) is 29.1 Å². The number of halogens is 5. The van der Waals surface area contributed by atoms with Gasteiger partial charge in [-0.15, -0.1) is 0 Å². The summed E-state index contributed by atoms with van der Waals surface area (Å²) in [6.07, 6.45) is -3.55. The van der Waals surface area contributed by atoms with Crippen LogP contribution in [0.5, 0.6) is 0 Å². The molecule has 2 atom stereocenters. The van der Waals surface area contributed by atoms with E-state index in [9.17, 15) is 22.4 Å². The van der Waals surface area contributed by atoms with Crippen LogP contribution in [0.1, 0.15) is 34.8 Å². The van der Waals surface area contributed by atoms with Gasteiger partial charge >= 0.3 is 6.18 Å². The smallest absolute Gasteiger partial charge is 0.410 e. The lowest BCUT2D eigenvalue weighted by Crippen LogP contribution is -2.35. The average molecular weight is 429 g/mol. The zero-order valence-electron chi connectivity index (χ0n) is 14.5. The Morgan fingerprint density at radius 1 is 1.31 bits per heavy atom. The van der Waals surface area contributed by atoms with Crippen LogP contribution in [0.25, 0.3) is 0 Å². The number of alkyl halides is 3. The standard InChI is InChI=1S/C18H13ClF4N4O2/c19-10-6-9(3-4-11(10)20)24-17(28)13-8-16-25-12(14-2-1-5-29-14)7-15(18(21,22)23)27(16)26-13/h1-6,8,12,15,25H,7H2,(H,24,28). The quantitative estimate of drug-likeness (QED) is 0.564. The van der Waals surface area contributed by atoms with E-state index in [1.807, 2.05) is 0 Å². The highest BCUT2D eigenvalue weighted by Crippen LogP contribution is 2.43. The first-order chi connectivity index (χ1) is 13.7. The maximum Gasteiger partial charge on any atom is 0.410 e.